The molecule has 0 amide bonds. The summed E-state index contributed by atoms with van der Waals surface area (Å²) < 4.78 is 56.0. The molecule has 10 heteroatoms. The van der Waals surface area contributed by atoms with Gasteiger partial charge in [0.1, 0.15) is 0 Å². The number of nitrogens with one attached hydrogen (secondary N) is 2. The van der Waals surface area contributed by atoms with Crippen LogP contribution in [0.3, 0.4) is 0 Å². The summed E-state index contributed by atoms with van der Waals surface area (Å²) in [5, 5.41) is 0. The zero-order valence-electron chi connectivity index (χ0n) is 15.2. The lowest BCUT2D eigenvalue weighted by atomic mass is 10.2. The van der Waals surface area contributed by atoms with E-state index >= 15 is 0 Å². The first-order valence-corrected chi connectivity index (χ1v) is 12.2. The van der Waals surface area contributed by atoms with Crippen LogP contribution in [0.1, 0.15) is 5.56 Å². The fourth-order valence-corrected chi connectivity index (χ4v) is 5.31. The first-order valence-electron chi connectivity index (χ1n) is 8.31. The average molecular weight is 467 g/mol. The molecule has 0 saturated heterocycles. The molecule has 6 nitrogen and oxygen atoms in total. The minimum atomic E-state index is -4.00. The Hall–Kier alpha value is -2.14. The van der Waals surface area contributed by atoms with E-state index in [1.54, 1.807) is 55.5 Å². The highest BCUT2D eigenvalue weighted by atomic mass is 32.2. The summed E-state index contributed by atoms with van der Waals surface area (Å²) in [5.41, 5.74) is 1.11. The van der Waals surface area contributed by atoms with E-state index in [1.807, 2.05) is 0 Å². The summed E-state index contributed by atoms with van der Waals surface area (Å²) in [5.74, 6) is 0. The van der Waals surface area contributed by atoms with Crippen molar-refractivity contribution in [3.8, 4) is 0 Å². The first kappa shape index (κ1) is 21.6. The molecular weight excluding hydrogens is 448 g/mol. The van der Waals surface area contributed by atoms with E-state index in [4.69, 9.17) is 0 Å². The smallest absolute Gasteiger partial charge is 0.262 e. The predicted octanol–water partition coefficient (Wildman–Crippen LogP) is 4.17. The van der Waals surface area contributed by atoms with Gasteiger partial charge in [0.15, 0.2) is 0 Å². The normalized spacial score (nSPS) is 11.8. The fourth-order valence-electron chi connectivity index (χ4n) is 2.52. The number of sulfonamides is 2. The Morgan fingerprint density at radius 2 is 1.10 bits per heavy atom. The van der Waals surface area contributed by atoms with Crippen LogP contribution in [0.25, 0.3) is 0 Å². The number of hydrogen-bond donors (Lipinski definition) is 4. The predicted molar refractivity (Wildman–Crippen MR) is 120 cm³/mol. The number of aryl methyl sites for hydroxylation is 1. The topological polar surface area (TPSA) is 92.3 Å². The van der Waals surface area contributed by atoms with E-state index in [0.717, 1.165) is 6.07 Å². The van der Waals surface area contributed by atoms with Gasteiger partial charge < -0.3 is 0 Å². The standard InChI is InChI=1S/C19H18N2O4S4/c1-13-2-11-18(28(22,23)20-14-3-7-16(26)8-4-14)12-19(13)29(24,25)21-15-5-9-17(27)10-6-15/h2-12,20-21,26-27H,1H3. The third-order valence-corrected chi connectivity index (χ3v) is 7.50. The van der Waals surface area contributed by atoms with Crippen molar-refractivity contribution in [2.24, 2.45) is 0 Å². The van der Waals surface area contributed by atoms with Crippen molar-refractivity contribution in [2.75, 3.05) is 9.44 Å². The maximum absolute atomic E-state index is 12.8. The van der Waals surface area contributed by atoms with Gasteiger partial charge in [0.05, 0.1) is 9.79 Å². The molecule has 3 aromatic carbocycles. The quantitative estimate of drug-likeness (QED) is 0.410. The molecule has 0 saturated carbocycles. The van der Waals surface area contributed by atoms with E-state index in [9.17, 15) is 16.8 Å². The molecular formula is C19H18N2O4S4. The number of thiol groups is 2. The SMILES string of the molecule is Cc1ccc(S(=O)(=O)Nc2ccc(S)cc2)cc1S(=O)(=O)Nc1ccc(S)cc1. The monoisotopic (exact) mass is 466 g/mol. The number of hydrogen-bond acceptors (Lipinski definition) is 6. The Morgan fingerprint density at radius 1 is 0.655 bits per heavy atom. The van der Waals surface area contributed by atoms with Gasteiger partial charge in [-0.05, 0) is 73.2 Å². The molecule has 0 atom stereocenters. The van der Waals surface area contributed by atoms with Gasteiger partial charge in [-0.25, -0.2) is 16.8 Å². The minimum Gasteiger partial charge on any atom is -0.280 e. The maximum Gasteiger partial charge on any atom is 0.262 e. The first-order chi connectivity index (χ1) is 13.6. The van der Waals surface area contributed by atoms with Crippen LogP contribution in [-0.4, -0.2) is 16.8 Å². The Bertz CT molecular complexity index is 1240. The van der Waals surface area contributed by atoms with Gasteiger partial charge >= 0.3 is 0 Å². The second-order valence-corrected chi connectivity index (χ2v) is 10.6. The summed E-state index contributed by atoms with van der Waals surface area (Å²) in [7, 11) is -7.98. The number of rotatable bonds is 6. The van der Waals surface area contributed by atoms with Crippen LogP contribution in [0.2, 0.25) is 0 Å². The van der Waals surface area contributed by atoms with Crippen LogP contribution in [0, 0.1) is 6.92 Å². The molecule has 0 bridgehead atoms. The molecule has 0 fully saturated rings. The van der Waals surface area contributed by atoms with Crippen molar-refractivity contribution < 1.29 is 16.8 Å². The second-order valence-electron chi connectivity index (χ2n) is 6.23. The van der Waals surface area contributed by atoms with Crippen LogP contribution in [-0.2, 0) is 20.0 Å². The van der Waals surface area contributed by atoms with E-state index < -0.39 is 20.0 Å². The van der Waals surface area contributed by atoms with Crippen LogP contribution in [0.4, 0.5) is 11.4 Å². The van der Waals surface area contributed by atoms with E-state index in [2.05, 4.69) is 34.7 Å². The summed E-state index contributed by atoms with van der Waals surface area (Å²) in [6.45, 7) is 1.60. The summed E-state index contributed by atoms with van der Waals surface area (Å²) >= 11 is 8.33. The van der Waals surface area contributed by atoms with Crippen LogP contribution in [0.15, 0.2) is 86.3 Å². The molecule has 29 heavy (non-hydrogen) atoms. The average Bonchev–Trinajstić information content (AvgIpc) is 2.65. The van der Waals surface area contributed by atoms with E-state index in [-0.39, 0.29) is 9.79 Å². The van der Waals surface area contributed by atoms with Crippen LogP contribution in [0.5, 0.6) is 0 Å². The van der Waals surface area contributed by atoms with E-state index in [1.165, 1.54) is 12.1 Å². The Morgan fingerprint density at radius 3 is 1.59 bits per heavy atom. The molecule has 0 spiro atoms. The third-order valence-electron chi connectivity index (χ3n) is 4.00. The van der Waals surface area contributed by atoms with Gasteiger partial charge in [0.25, 0.3) is 20.0 Å². The summed E-state index contributed by atoms with van der Waals surface area (Å²) in [4.78, 5) is 1.09. The highest BCUT2D eigenvalue weighted by Gasteiger charge is 2.22. The van der Waals surface area contributed by atoms with Crippen molar-refractivity contribution in [1.82, 2.24) is 0 Å². The van der Waals surface area contributed by atoms with Crippen LogP contribution < -0.4 is 9.44 Å². The van der Waals surface area contributed by atoms with Crippen molar-refractivity contribution >= 4 is 56.7 Å². The second kappa shape index (κ2) is 8.31. The largest absolute Gasteiger partial charge is 0.280 e. The third kappa shape index (κ3) is 5.27. The number of anilines is 2. The van der Waals surface area contributed by atoms with Crippen molar-refractivity contribution in [3.05, 3.63) is 72.3 Å². The molecule has 0 aliphatic heterocycles. The Balaban J connectivity index is 1.94. The molecule has 0 radical (unpaired) electrons. The van der Waals surface area contributed by atoms with Crippen LogP contribution >= 0.6 is 25.3 Å². The fraction of sp³-hybridized carbons (Fsp3) is 0.0526. The van der Waals surface area contributed by atoms with Gasteiger partial charge in [-0.1, -0.05) is 6.07 Å². The molecule has 0 unspecified atom stereocenters. The highest BCUT2D eigenvalue weighted by Crippen LogP contribution is 2.25. The van der Waals surface area contributed by atoms with Gasteiger partial charge in [-0.2, -0.15) is 0 Å². The molecule has 2 N–H and O–H groups in total. The van der Waals surface area contributed by atoms with Gasteiger partial charge in [0.2, 0.25) is 0 Å². The molecule has 0 aromatic heterocycles. The summed E-state index contributed by atoms with van der Waals surface area (Å²) in [6.07, 6.45) is 0. The lowest BCUT2D eigenvalue weighted by molar-refractivity contribution is 0.599. The maximum atomic E-state index is 12.8. The van der Waals surface area contributed by atoms with E-state index in [0.29, 0.717) is 26.7 Å². The molecule has 3 aromatic rings. The van der Waals surface area contributed by atoms with Crippen molar-refractivity contribution in [3.63, 3.8) is 0 Å². The van der Waals surface area contributed by atoms with Gasteiger partial charge in [-0.15, -0.1) is 25.3 Å². The highest BCUT2D eigenvalue weighted by molar-refractivity contribution is 7.93. The lowest BCUT2D eigenvalue weighted by Crippen LogP contribution is -2.17. The lowest BCUT2D eigenvalue weighted by Gasteiger charge is -2.13. The van der Waals surface area contributed by atoms with Crippen molar-refractivity contribution in [2.45, 2.75) is 26.5 Å². The summed E-state index contributed by atoms with van der Waals surface area (Å²) in [6, 6.07) is 16.8. The number of benzene rings is 3. The zero-order chi connectivity index (χ0) is 21.2. The molecule has 0 aliphatic carbocycles. The van der Waals surface area contributed by atoms with Gasteiger partial charge in [-0.3, -0.25) is 9.44 Å². The zero-order valence-corrected chi connectivity index (χ0v) is 18.6. The van der Waals surface area contributed by atoms with Gasteiger partial charge in [0, 0.05) is 21.2 Å². The Labute approximate surface area is 181 Å². The van der Waals surface area contributed by atoms with Crippen molar-refractivity contribution in [1.29, 1.82) is 0 Å². The molecule has 152 valence electrons. The molecule has 0 aliphatic rings. The molecule has 0 heterocycles. The molecule has 3 rings (SSSR count). The minimum absolute atomic E-state index is 0.124. The Kier molecular flexibility index (Phi) is 6.18.